The summed E-state index contributed by atoms with van der Waals surface area (Å²) in [5, 5.41) is 6.60. The highest BCUT2D eigenvalue weighted by Gasteiger charge is 2.02. The summed E-state index contributed by atoms with van der Waals surface area (Å²) in [6.45, 7) is 11.2. The fourth-order valence-corrected chi connectivity index (χ4v) is 2.36. The van der Waals surface area contributed by atoms with Crippen molar-refractivity contribution in [3.8, 4) is 0 Å². The SMILES string of the molecule is CCCCOCCOCc1csc(CNCC(C)C)n1. The van der Waals surface area contributed by atoms with E-state index in [0.717, 1.165) is 36.8 Å². The molecule has 0 aliphatic rings. The zero-order valence-corrected chi connectivity index (χ0v) is 13.8. The maximum absolute atomic E-state index is 5.55. The summed E-state index contributed by atoms with van der Waals surface area (Å²) in [4.78, 5) is 4.54. The summed E-state index contributed by atoms with van der Waals surface area (Å²) in [6.07, 6.45) is 2.30. The first kappa shape index (κ1) is 17.6. The second-order valence-corrected chi connectivity index (χ2v) is 6.22. The van der Waals surface area contributed by atoms with E-state index in [-0.39, 0.29) is 0 Å². The molecule has 0 radical (unpaired) electrons. The smallest absolute Gasteiger partial charge is 0.107 e. The fraction of sp³-hybridized carbons (Fsp3) is 0.800. The molecule has 0 bridgehead atoms. The van der Waals surface area contributed by atoms with Crippen LogP contribution in [0.5, 0.6) is 0 Å². The van der Waals surface area contributed by atoms with E-state index in [2.05, 4.69) is 36.5 Å². The Balaban J connectivity index is 2.05. The van der Waals surface area contributed by atoms with Crippen LogP contribution >= 0.6 is 11.3 Å². The predicted octanol–water partition coefficient (Wildman–Crippen LogP) is 3.22. The van der Waals surface area contributed by atoms with Gasteiger partial charge >= 0.3 is 0 Å². The highest BCUT2D eigenvalue weighted by molar-refractivity contribution is 7.09. The molecule has 1 rings (SSSR count). The Morgan fingerprint density at radius 3 is 2.80 bits per heavy atom. The zero-order chi connectivity index (χ0) is 14.6. The van der Waals surface area contributed by atoms with Crippen LogP contribution in [0.15, 0.2) is 5.38 Å². The third kappa shape index (κ3) is 8.64. The fourth-order valence-electron chi connectivity index (χ4n) is 1.61. The van der Waals surface area contributed by atoms with Gasteiger partial charge in [-0.15, -0.1) is 11.3 Å². The van der Waals surface area contributed by atoms with E-state index in [1.165, 1.54) is 6.42 Å². The van der Waals surface area contributed by atoms with Gasteiger partial charge in [-0.25, -0.2) is 4.98 Å². The van der Waals surface area contributed by atoms with Crippen molar-refractivity contribution >= 4 is 11.3 Å². The molecule has 0 saturated heterocycles. The number of unbranched alkanes of at least 4 members (excludes halogenated alkanes) is 1. The quantitative estimate of drug-likeness (QED) is 0.602. The van der Waals surface area contributed by atoms with Gasteiger partial charge in [0.05, 0.1) is 25.5 Å². The molecule has 0 unspecified atom stereocenters. The van der Waals surface area contributed by atoms with Crippen LogP contribution in [0.1, 0.15) is 44.3 Å². The number of hydrogen-bond acceptors (Lipinski definition) is 5. The first-order chi connectivity index (χ1) is 9.72. The summed E-state index contributed by atoms with van der Waals surface area (Å²) in [5.41, 5.74) is 1.02. The summed E-state index contributed by atoms with van der Waals surface area (Å²) in [5.74, 6) is 0.672. The molecule has 5 heteroatoms. The van der Waals surface area contributed by atoms with Crippen molar-refractivity contribution in [1.29, 1.82) is 0 Å². The maximum atomic E-state index is 5.55. The lowest BCUT2D eigenvalue weighted by atomic mass is 10.2. The van der Waals surface area contributed by atoms with Crippen LogP contribution in [0.2, 0.25) is 0 Å². The topological polar surface area (TPSA) is 43.4 Å². The van der Waals surface area contributed by atoms with E-state index >= 15 is 0 Å². The second-order valence-electron chi connectivity index (χ2n) is 5.28. The van der Waals surface area contributed by atoms with Gasteiger partial charge in [-0.1, -0.05) is 27.2 Å². The second kappa shape index (κ2) is 11.2. The monoisotopic (exact) mass is 300 g/mol. The number of rotatable bonds is 12. The van der Waals surface area contributed by atoms with E-state index in [0.29, 0.717) is 25.7 Å². The molecule has 1 aromatic rings. The van der Waals surface area contributed by atoms with Crippen molar-refractivity contribution in [3.05, 3.63) is 16.1 Å². The van der Waals surface area contributed by atoms with Crippen LogP contribution in [0.3, 0.4) is 0 Å². The molecule has 0 aliphatic carbocycles. The van der Waals surface area contributed by atoms with Crippen LogP contribution in [-0.2, 0) is 22.6 Å². The van der Waals surface area contributed by atoms with E-state index in [4.69, 9.17) is 9.47 Å². The van der Waals surface area contributed by atoms with Gasteiger partial charge in [0.25, 0.3) is 0 Å². The van der Waals surface area contributed by atoms with E-state index in [9.17, 15) is 0 Å². The lowest BCUT2D eigenvalue weighted by molar-refractivity contribution is 0.0387. The van der Waals surface area contributed by atoms with Gasteiger partial charge in [0.15, 0.2) is 0 Å². The van der Waals surface area contributed by atoms with Crippen LogP contribution in [0.4, 0.5) is 0 Å². The van der Waals surface area contributed by atoms with Crippen molar-refractivity contribution < 1.29 is 9.47 Å². The highest BCUT2D eigenvalue weighted by atomic mass is 32.1. The van der Waals surface area contributed by atoms with E-state index in [1.807, 2.05) is 0 Å². The van der Waals surface area contributed by atoms with Gasteiger partial charge in [-0.3, -0.25) is 0 Å². The summed E-state index contributed by atoms with van der Waals surface area (Å²) in [7, 11) is 0. The minimum absolute atomic E-state index is 0.581. The molecule has 0 aliphatic heterocycles. The molecular weight excluding hydrogens is 272 g/mol. The number of aromatic nitrogens is 1. The Kier molecular flexibility index (Phi) is 9.83. The first-order valence-corrected chi connectivity index (χ1v) is 8.39. The molecule has 0 amide bonds. The molecule has 0 fully saturated rings. The number of nitrogens with one attached hydrogen (secondary N) is 1. The van der Waals surface area contributed by atoms with Gasteiger partial charge in [0.1, 0.15) is 5.01 Å². The molecule has 1 aromatic heterocycles. The van der Waals surface area contributed by atoms with Crippen molar-refractivity contribution in [3.63, 3.8) is 0 Å². The molecule has 0 atom stereocenters. The Labute approximate surface area is 126 Å². The van der Waals surface area contributed by atoms with Gasteiger partial charge in [0.2, 0.25) is 0 Å². The van der Waals surface area contributed by atoms with Gasteiger partial charge < -0.3 is 14.8 Å². The van der Waals surface area contributed by atoms with Gasteiger partial charge in [-0.05, 0) is 18.9 Å². The van der Waals surface area contributed by atoms with E-state index in [1.54, 1.807) is 11.3 Å². The van der Waals surface area contributed by atoms with Crippen molar-refractivity contribution in [2.45, 2.75) is 46.8 Å². The van der Waals surface area contributed by atoms with Crippen molar-refractivity contribution in [2.24, 2.45) is 5.92 Å². The zero-order valence-electron chi connectivity index (χ0n) is 13.0. The predicted molar refractivity (Wildman–Crippen MR) is 84.0 cm³/mol. The lowest BCUT2D eigenvalue weighted by Crippen LogP contribution is -2.18. The number of ether oxygens (including phenoxy) is 2. The molecule has 0 saturated carbocycles. The van der Waals surface area contributed by atoms with E-state index < -0.39 is 0 Å². The molecule has 4 nitrogen and oxygen atoms in total. The molecule has 1 N–H and O–H groups in total. The summed E-state index contributed by atoms with van der Waals surface area (Å²) < 4.78 is 11.0. The maximum Gasteiger partial charge on any atom is 0.107 e. The Hall–Kier alpha value is -0.490. The minimum atomic E-state index is 0.581. The average Bonchev–Trinajstić information content (AvgIpc) is 2.85. The van der Waals surface area contributed by atoms with Gasteiger partial charge in [0, 0.05) is 18.5 Å². The Morgan fingerprint density at radius 1 is 1.25 bits per heavy atom. The average molecular weight is 300 g/mol. The Morgan fingerprint density at radius 2 is 2.05 bits per heavy atom. The minimum Gasteiger partial charge on any atom is -0.379 e. The van der Waals surface area contributed by atoms with Crippen LogP contribution in [0.25, 0.3) is 0 Å². The molecule has 0 spiro atoms. The molecular formula is C15H28N2O2S. The van der Waals surface area contributed by atoms with Crippen LogP contribution in [0, 0.1) is 5.92 Å². The largest absolute Gasteiger partial charge is 0.379 e. The van der Waals surface area contributed by atoms with Gasteiger partial charge in [-0.2, -0.15) is 0 Å². The van der Waals surface area contributed by atoms with Crippen LogP contribution < -0.4 is 5.32 Å². The standard InChI is InChI=1S/C15H28N2O2S/c1-4-5-6-18-7-8-19-11-14-12-20-15(17-14)10-16-9-13(2)3/h12-13,16H,4-11H2,1-3H3. The lowest BCUT2D eigenvalue weighted by Gasteiger charge is -2.05. The summed E-state index contributed by atoms with van der Waals surface area (Å²) in [6, 6.07) is 0. The molecule has 0 aromatic carbocycles. The van der Waals surface area contributed by atoms with Crippen molar-refractivity contribution in [1.82, 2.24) is 10.3 Å². The third-order valence-corrected chi connectivity index (χ3v) is 3.59. The van der Waals surface area contributed by atoms with Crippen molar-refractivity contribution in [2.75, 3.05) is 26.4 Å². The number of nitrogens with zero attached hydrogens (tertiary/aromatic N) is 1. The first-order valence-electron chi connectivity index (χ1n) is 7.51. The molecule has 1 heterocycles. The van der Waals surface area contributed by atoms with Crippen LogP contribution in [-0.4, -0.2) is 31.3 Å². The number of thiazole rings is 1. The Bertz CT molecular complexity index is 342. The summed E-state index contributed by atoms with van der Waals surface area (Å²) >= 11 is 1.69. The third-order valence-electron chi connectivity index (χ3n) is 2.69. The highest BCUT2D eigenvalue weighted by Crippen LogP contribution is 2.10. The molecule has 116 valence electrons. The molecule has 20 heavy (non-hydrogen) atoms. The number of hydrogen-bond donors (Lipinski definition) is 1. The normalized spacial score (nSPS) is 11.4.